The van der Waals surface area contributed by atoms with Crippen LogP contribution in [0.3, 0.4) is 0 Å². The number of Topliss-reactive ketones (excluding diaryl/α,β-unsaturated/α-hetero) is 1. The van der Waals surface area contributed by atoms with Gasteiger partial charge in [-0.05, 0) is 12.3 Å². The summed E-state index contributed by atoms with van der Waals surface area (Å²) in [5.74, 6) is 0.377. The number of ketones is 1. The number of hydrogen-bond acceptors (Lipinski definition) is 2. The Balaban J connectivity index is 2.60. The summed E-state index contributed by atoms with van der Waals surface area (Å²) in [4.78, 5) is 11.0. The van der Waals surface area contributed by atoms with E-state index >= 15 is 0 Å². The average molecular weight is 142 g/mol. The molecule has 1 N–H and O–H groups in total. The number of carbonyl (C=O) groups excluding carboxylic acids is 1. The number of hydrogen-bond donors (Lipinski definition) is 1. The highest BCUT2D eigenvalue weighted by molar-refractivity contribution is 5.82. The Kier molecular flexibility index (Phi) is 2.09. The SMILES string of the molecule is C[C@H]1CCC(=O)[C@H](C)[C@H]1O. The Labute approximate surface area is 61.2 Å². The van der Waals surface area contributed by atoms with Crippen molar-refractivity contribution in [2.45, 2.75) is 32.8 Å². The molecule has 10 heavy (non-hydrogen) atoms. The van der Waals surface area contributed by atoms with Crippen molar-refractivity contribution in [1.82, 2.24) is 0 Å². The summed E-state index contributed by atoms with van der Waals surface area (Å²) in [6.45, 7) is 3.80. The summed E-state index contributed by atoms with van der Waals surface area (Å²) < 4.78 is 0. The molecule has 0 aromatic heterocycles. The van der Waals surface area contributed by atoms with Crippen LogP contribution in [0.1, 0.15) is 26.7 Å². The molecule has 0 aromatic carbocycles. The van der Waals surface area contributed by atoms with Crippen LogP contribution in [-0.2, 0) is 4.79 Å². The molecule has 1 aliphatic carbocycles. The summed E-state index contributed by atoms with van der Waals surface area (Å²) >= 11 is 0. The Hall–Kier alpha value is -0.370. The Morgan fingerprint density at radius 1 is 1.50 bits per heavy atom. The van der Waals surface area contributed by atoms with Crippen LogP contribution < -0.4 is 0 Å². The average Bonchev–Trinajstić information content (AvgIpc) is 1.93. The fourth-order valence-corrected chi connectivity index (χ4v) is 1.45. The maximum absolute atomic E-state index is 11.0. The molecule has 2 nitrogen and oxygen atoms in total. The van der Waals surface area contributed by atoms with E-state index in [0.29, 0.717) is 12.3 Å². The van der Waals surface area contributed by atoms with E-state index in [1.165, 1.54) is 0 Å². The lowest BCUT2D eigenvalue weighted by atomic mass is 9.80. The van der Waals surface area contributed by atoms with Crippen molar-refractivity contribution in [2.24, 2.45) is 11.8 Å². The Morgan fingerprint density at radius 3 is 2.60 bits per heavy atom. The minimum absolute atomic E-state index is 0.135. The molecule has 1 aliphatic rings. The van der Waals surface area contributed by atoms with Crippen LogP contribution in [-0.4, -0.2) is 17.0 Å². The van der Waals surface area contributed by atoms with Gasteiger partial charge in [0.25, 0.3) is 0 Å². The monoisotopic (exact) mass is 142 g/mol. The lowest BCUT2D eigenvalue weighted by Crippen LogP contribution is -2.36. The van der Waals surface area contributed by atoms with E-state index < -0.39 is 6.10 Å². The maximum Gasteiger partial charge on any atom is 0.138 e. The second-order valence-corrected chi connectivity index (χ2v) is 3.26. The number of carbonyl (C=O) groups is 1. The third-order valence-electron chi connectivity index (χ3n) is 2.45. The van der Waals surface area contributed by atoms with E-state index in [9.17, 15) is 9.90 Å². The van der Waals surface area contributed by atoms with Crippen molar-refractivity contribution in [3.63, 3.8) is 0 Å². The molecule has 1 rings (SSSR count). The van der Waals surface area contributed by atoms with Crippen molar-refractivity contribution in [1.29, 1.82) is 0 Å². The first kappa shape index (κ1) is 7.73. The van der Waals surface area contributed by atoms with E-state index in [1.807, 2.05) is 13.8 Å². The fraction of sp³-hybridized carbons (Fsp3) is 0.875. The minimum Gasteiger partial charge on any atom is -0.392 e. The number of aliphatic hydroxyl groups is 1. The van der Waals surface area contributed by atoms with Gasteiger partial charge in [-0.25, -0.2) is 0 Å². The van der Waals surface area contributed by atoms with Crippen LogP contribution in [0.25, 0.3) is 0 Å². The van der Waals surface area contributed by atoms with E-state index in [-0.39, 0.29) is 11.7 Å². The van der Waals surface area contributed by atoms with Gasteiger partial charge in [-0.15, -0.1) is 0 Å². The molecule has 58 valence electrons. The predicted molar refractivity (Wildman–Crippen MR) is 38.6 cm³/mol. The summed E-state index contributed by atoms with van der Waals surface area (Å²) in [5, 5.41) is 9.40. The van der Waals surface area contributed by atoms with Gasteiger partial charge in [0, 0.05) is 12.3 Å². The lowest BCUT2D eigenvalue weighted by Gasteiger charge is -2.28. The summed E-state index contributed by atoms with van der Waals surface area (Å²) in [6.07, 6.45) is 1.10. The molecule has 0 aliphatic heterocycles. The highest BCUT2D eigenvalue weighted by Crippen LogP contribution is 2.25. The molecule has 0 heterocycles. The molecule has 0 unspecified atom stereocenters. The maximum atomic E-state index is 11.0. The second kappa shape index (κ2) is 2.70. The first-order valence-electron chi connectivity index (χ1n) is 3.83. The summed E-state index contributed by atoms with van der Waals surface area (Å²) in [5.41, 5.74) is 0. The molecule has 0 amide bonds. The number of rotatable bonds is 0. The topological polar surface area (TPSA) is 37.3 Å². The molecule has 3 atom stereocenters. The van der Waals surface area contributed by atoms with Crippen LogP contribution in [0.5, 0.6) is 0 Å². The second-order valence-electron chi connectivity index (χ2n) is 3.26. The molecule has 1 fully saturated rings. The van der Waals surface area contributed by atoms with E-state index in [2.05, 4.69) is 0 Å². The zero-order valence-corrected chi connectivity index (χ0v) is 6.50. The largest absolute Gasteiger partial charge is 0.392 e. The van der Waals surface area contributed by atoms with Gasteiger partial charge in [-0.2, -0.15) is 0 Å². The predicted octanol–water partition coefficient (Wildman–Crippen LogP) is 0.982. The van der Waals surface area contributed by atoms with Crippen LogP contribution in [0.4, 0.5) is 0 Å². The van der Waals surface area contributed by atoms with Crippen LogP contribution in [0.2, 0.25) is 0 Å². The Morgan fingerprint density at radius 2 is 2.10 bits per heavy atom. The molecule has 0 saturated heterocycles. The van der Waals surface area contributed by atoms with Gasteiger partial charge in [0.1, 0.15) is 5.78 Å². The van der Waals surface area contributed by atoms with E-state index in [1.54, 1.807) is 0 Å². The normalized spacial score (nSPS) is 41.9. The van der Waals surface area contributed by atoms with Crippen molar-refractivity contribution >= 4 is 5.78 Å². The minimum atomic E-state index is -0.402. The van der Waals surface area contributed by atoms with Crippen molar-refractivity contribution in [3.05, 3.63) is 0 Å². The first-order valence-corrected chi connectivity index (χ1v) is 3.83. The Bertz CT molecular complexity index is 142. The molecular formula is C8H14O2. The first-order chi connectivity index (χ1) is 4.63. The zero-order chi connectivity index (χ0) is 7.72. The van der Waals surface area contributed by atoms with E-state index in [4.69, 9.17) is 0 Å². The van der Waals surface area contributed by atoms with E-state index in [0.717, 1.165) is 6.42 Å². The molecule has 0 radical (unpaired) electrons. The molecule has 2 heteroatoms. The van der Waals surface area contributed by atoms with Crippen molar-refractivity contribution in [2.75, 3.05) is 0 Å². The fourth-order valence-electron chi connectivity index (χ4n) is 1.45. The number of aliphatic hydroxyl groups excluding tert-OH is 1. The van der Waals surface area contributed by atoms with Crippen LogP contribution in [0, 0.1) is 11.8 Å². The molecule has 0 bridgehead atoms. The highest BCUT2D eigenvalue weighted by Gasteiger charge is 2.31. The van der Waals surface area contributed by atoms with Gasteiger partial charge in [0.2, 0.25) is 0 Å². The molecule has 0 aromatic rings. The van der Waals surface area contributed by atoms with Gasteiger partial charge in [-0.1, -0.05) is 13.8 Å². The van der Waals surface area contributed by atoms with Gasteiger partial charge in [-0.3, -0.25) is 4.79 Å². The standard InChI is InChI=1S/C8H14O2/c1-5-3-4-7(9)6(2)8(5)10/h5-6,8,10H,3-4H2,1-2H3/t5-,6-,8-/m0/s1. The van der Waals surface area contributed by atoms with Gasteiger partial charge in [0.15, 0.2) is 0 Å². The summed E-state index contributed by atoms with van der Waals surface area (Å²) in [6, 6.07) is 0. The smallest absolute Gasteiger partial charge is 0.138 e. The van der Waals surface area contributed by atoms with Gasteiger partial charge >= 0.3 is 0 Å². The van der Waals surface area contributed by atoms with Crippen molar-refractivity contribution in [3.8, 4) is 0 Å². The zero-order valence-electron chi connectivity index (χ0n) is 6.50. The molecule has 1 saturated carbocycles. The quantitative estimate of drug-likeness (QED) is 0.547. The van der Waals surface area contributed by atoms with Gasteiger partial charge in [0.05, 0.1) is 6.10 Å². The molecular weight excluding hydrogens is 128 g/mol. The lowest BCUT2D eigenvalue weighted by molar-refractivity contribution is -0.130. The molecule has 0 spiro atoms. The summed E-state index contributed by atoms with van der Waals surface area (Å²) in [7, 11) is 0. The van der Waals surface area contributed by atoms with Crippen LogP contribution >= 0.6 is 0 Å². The highest BCUT2D eigenvalue weighted by atomic mass is 16.3. The third-order valence-corrected chi connectivity index (χ3v) is 2.45. The van der Waals surface area contributed by atoms with Crippen molar-refractivity contribution < 1.29 is 9.90 Å². The van der Waals surface area contributed by atoms with Gasteiger partial charge < -0.3 is 5.11 Å². The third kappa shape index (κ3) is 1.21. The van der Waals surface area contributed by atoms with Crippen LogP contribution in [0.15, 0.2) is 0 Å².